The minimum absolute atomic E-state index is 0.165. The zero-order valence-electron chi connectivity index (χ0n) is 17.6. The number of aromatic nitrogens is 1. The van der Waals surface area contributed by atoms with Crippen LogP contribution in [0.3, 0.4) is 0 Å². The molecule has 0 saturated carbocycles. The number of carbonyl (C=O) groups excluding carboxylic acids is 2. The van der Waals surface area contributed by atoms with Crippen LogP contribution < -0.4 is 4.74 Å². The largest absolute Gasteiger partial charge is 0.481 e. The Bertz CT molecular complexity index is 1050. The maximum Gasteiger partial charge on any atom is 0.272 e. The zero-order valence-corrected chi connectivity index (χ0v) is 17.6. The SMILES string of the molecule is COc1cccc(C(=O)N2CCC3(CC2)OC2CCC(c4cc(F)cc(F)c4)N2C3=O)n1. The quantitative estimate of drug-likeness (QED) is 0.729. The summed E-state index contributed by atoms with van der Waals surface area (Å²) in [7, 11) is 1.49. The van der Waals surface area contributed by atoms with Gasteiger partial charge in [-0.3, -0.25) is 9.59 Å². The van der Waals surface area contributed by atoms with E-state index in [9.17, 15) is 18.4 Å². The van der Waals surface area contributed by atoms with Crippen molar-refractivity contribution in [2.75, 3.05) is 20.2 Å². The lowest BCUT2D eigenvalue weighted by Crippen LogP contribution is -2.51. The Balaban J connectivity index is 1.30. The average Bonchev–Trinajstić information content (AvgIpc) is 3.31. The summed E-state index contributed by atoms with van der Waals surface area (Å²) in [5.41, 5.74) is -0.281. The van der Waals surface area contributed by atoms with Gasteiger partial charge in [-0.25, -0.2) is 13.8 Å². The molecule has 3 saturated heterocycles. The van der Waals surface area contributed by atoms with Gasteiger partial charge in [0, 0.05) is 38.1 Å². The van der Waals surface area contributed by atoms with E-state index >= 15 is 0 Å². The van der Waals surface area contributed by atoms with Crippen LogP contribution in [-0.2, 0) is 9.53 Å². The van der Waals surface area contributed by atoms with E-state index in [0.717, 1.165) is 6.07 Å². The minimum Gasteiger partial charge on any atom is -0.481 e. The number of hydrogen-bond donors (Lipinski definition) is 0. The first-order valence-electron chi connectivity index (χ1n) is 10.7. The highest BCUT2D eigenvalue weighted by molar-refractivity contribution is 5.93. The fourth-order valence-corrected chi connectivity index (χ4v) is 5.02. The molecular formula is C23H23F2N3O4. The van der Waals surface area contributed by atoms with Gasteiger partial charge in [0.05, 0.1) is 13.2 Å². The summed E-state index contributed by atoms with van der Waals surface area (Å²) >= 11 is 0. The molecule has 2 atom stereocenters. The van der Waals surface area contributed by atoms with Crippen molar-refractivity contribution in [3.05, 3.63) is 59.3 Å². The van der Waals surface area contributed by atoms with Gasteiger partial charge >= 0.3 is 0 Å². The van der Waals surface area contributed by atoms with Gasteiger partial charge in [-0.15, -0.1) is 0 Å². The highest BCUT2D eigenvalue weighted by Crippen LogP contribution is 2.47. The third-order valence-electron chi connectivity index (χ3n) is 6.60. The number of piperidine rings is 1. The Morgan fingerprint density at radius 3 is 2.56 bits per heavy atom. The zero-order chi connectivity index (χ0) is 22.5. The molecule has 9 heteroatoms. The molecule has 32 heavy (non-hydrogen) atoms. The summed E-state index contributed by atoms with van der Waals surface area (Å²) < 4.78 is 38.8. The van der Waals surface area contributed by atoms with Crippen LogP contribution in [-0.4, -0.2) is 58.6 Å². The van der Waals surface area contributed by atoms with Gasteiger partial charge in [0.1, 0.15) is 23.6 Å². The molecule has 2 amide bonds. The van der Waals surface area contributed by atoms with Gasteiger partial charge in [0.2, 0.25) is 5.88 Å². The van der Waals surface area contributed by atoms with Crippen LogP contribution in [0.2, 0.25) is 0 Å². The summed E-state index contributed by atoms with van der Waals surface area (Å²) in [6.07, 6.45) is 1.49. The average molecular weight is 443 g/mol. The first kappa shape index (κ1) is 20.8. The molecule has 0 bridgehead atoms. The maximum atomic E-state index is 13.8. The lowest BCUT2D eigenvalue weighted by atomic mass is 9.89. The molecule has 3 fully saturated rings. The third-order valence-corrected chi connectivity index (χ3v) is 6.60. The van der Waals surface area contributed by atoms with Crippen molar-refractivity contribution < 1.29 is 27.8 Å². The van der Waals surface area contributed by atoms with Crippen molar-refractivity contribution in [2.24, 2.45) is 0 Å². The second-order valence-electron chi connectivity index (χ2n) is 8.43. The number of halogens is 2. The Hall–Kier alpha value is -3.07. The number of carbonyl (C=O) groups is 2. The van der Waals surface area contributed by atoms with E-state index in [2.05, 4.69) is 4.98 Å². The maximum absolute atomic E-state index is 13.8. The van der Waals surface area contributed by atoms with E-state index in [-0.39, 0.29) is 17.5 Å². The van der Waals surface area contributed by atoms with Crippen LogP contribution in [0.25, 0.3) is 0 Å². The number of pyridine rings is 1. The first-order valence-corrected chi connectivity index (χ1v) is 10.7. The lowest BCUT2D eigenvalue weighted by molar-refractivity contribution is -0.142. The van der Waals surface area contributed by atoms with Crippen LogP contribution in [0.15, 0.2) is 36.4 Å². The topological polar surface area (TPSA) is 72.0 Å². The summed E-state index contributed by atoms with van der Waals surface area (Å²) in [4.78, 5) is 33.8. The Morgan fingerprint density at radius 2 is 1.88 bits per heavy atom. The minimum atomic E-state index is -1.01. The molecule has 2 unspecified atom stereocenters. The predicted molar refractivity (Wildman–Crippen MR) is 109 cm³/mol. The normalized spacial score (nSPS) is 24.2. The van der Waals surface area contributed by atoms with Crippen LogP contribution in [0.1, 0.15) is 47.8 Å². The highest BCUT2D eigenvalue weighted by atomic mass is 19.1. The van der Waals surface area contributed by atoms with Crippen LogP contribution in [0.4, 0.5) is 8.78 Å². The van der Waals surface area contributed by atoms with E-state index in [1.54, 1.807) is 28.0 Å². The Kier molecular flexibility index (Phi) is 5.08. The van der Waals surface area contributed by atoms with Gasteiger partial charge in [0.15, 0.2) is 5.60 Å². The van der Waals surface area contributed by atoms with Crippen molar-refractivity contribution in [1.29, 1.82) is 0 Å². The number of nitrogens with zero attached hydrogens (tertiary/aromatic N) is 3. The van der Waals surface area contributed by atoms with E-state index < -0.39 is 29.5 Å². The highest BCUT2D eigenvalue weighted by Gasteiger charge is 2.58. The smallest absolute Gasteiger partial charge is 0.272 e. The Morgan fingerprint density at radius 1 is 1.16 bits per heavy atom. The van der Waals surface area contributed by atoms with E-state index in [4.69, 9.17) is 9.47 Å². The number of rotatable bonds is 3. The molecule has 0 N–H and O–H groups in total. The van der Waals surface area contributed by atoms with Crippen LogP contribution in [0, 0.1) is 11.6 Å². The molecule has 3 aliphatic rings. The number of amides is 2. The standard InChI is InChI=1S/C23H23F2N3O4/c1-31-19-4-2-3-17(26-19)21(29)27-9-7-23(8-10-27)22(30)28-18(5-6-20(28)32-23)14-11-15(24)13-16(25)12-14/h2-4,11-13,18,20H,5-10H2,1H3. The van der Waals surface area contributed by atoms with Crippen molar-refractivity contribution in [3.8, 4) is 5.88 Å². The van der Waals surface area contributed by atoms with E-state index in [1.807, 2.05) is 0 Å². The third kappa shape index (κ3) is 3.40. The van der Waals surface area contributed by atoms with Gasteiger partial charge in [-0.05, 0) is 36.6 Å². The molecule has 0 aliphatic carbocycles. The molecule has 1 aromatic carbocycles. The van der Waals surface area contributed by atoms with Crippen molar-refractivity contribution in [1.82, 2.24) is 14.8 Å². The number of likely N-dealkylation sites (tertiary alicyclic amines) is 1. The van der Waals surface area contributed by atoms with Crippen LogP contribution >= 0.6 is 0 Å². The summed E-state index contributed by atoms with van der Waals surface area (Å²) in [5.74, 6) is -1.36. The molecule has 168 valence electrons. The summed E-state index contributed by atoms with van der Waals surface area (Å²) in [6, 6.07) is 7.96. The molecule has 3 aliphatic heterocycles. The predicted octanol–water partition coefficient (Wildman–Crippen LogP) is 3.06. The monoisotopic (exact) mass is 443 g/mol. The lowest BCUT2D eigenvalue weighted by Gasteiger charge is -2.37. The molecule has 2 aromatic rings. The molecule has 1 spiro atoms. The van der Waals surface area contributed by atoms with E-state index in [1.165, 1.54) is 19.2 Å². The van der Waals surface area contributed by atoms with Gasteiger partial charge < -0.3 is 19.3 Å². The molecular weight excluding hydrogens is 420 g/mol. The number of methoxy groups -OCH3 is 1. The summed E-state index contributed by atoms with van der Waals surface area (Å²) in [5, 5.41) is 0. The van der Waals surface area contributed by atoms with Crippen molar-refractivity contribution in [3.63, 3.8) is 0 Å². The fourth-order valence-electron chi connectivity index (χ4n) is 5.02. The summed E-state index contributed by atoms with van der Waals surface area (Å²) in [6.45, 7) is 0.701. The second-order valence-corrected chi connectivity index (χ2v) is 8.43. The van der Waals surface area contributed by atoms with Crippen molar-refractivity contribution in [2.45, 2.75) is 43.6 Å². The van der Waals surface area contributed by atoms with Gasteiger partial charge in [0.25, 0.3) is 11.8 Å². The Labute approximate surface area is 183 Å². The number of benzene rings is 1. The van der Waals surface area contributed by atoms with Crippen LogP contribution in [0.5, 0.6) is 5.88 Å². The van der Waals surface area contributed by atoms with E-state index in [0.29, 0.717) is 50.2 Å². The molecule has 7 nitrogen and oxygen atoms in total. The molecule has 1 aromatic heterocycles. The number of ether oxygens (including phenoxy) is 2. The van der Waals surface area contributed by atoms with Gasteiger partial charge in [-0.1, -0.05) is 6.07 Å². The number of hydrogen-bond acceptors (Lipinski definition) is 5. The molecule has 0 radical (unpaired) electrons. The van der Waals surface area contributed by atoms with Crippen molar-refractivity contribution >= 4 is 11.8 Å². The fraction of sp³-hybridized carbons (Fsp3) is 0.435. The molecule has 5 rings (SSSR count). The second kappa shape index (κ2) is 7.81. The van der Waals surface area contributed by atoms with Gasteiger partial charge in [-0.2, -0.15) is 0 Å². The molecule has 4 heterocycles. The first-order chi connectivity index (χ1) is 15.4. The number of fused-ring (bicyclic) bond motifs is 1.